The van der Waals surface area contributed by atoms with Crippen molar-refractivity contribution in [1.29, 1.82) is 0 Å². The van der Waals surface area contributed by atoms with Gasteiger partial charge in [0.1, 0.15) is 6.61 Å². The van der Waals surface area contributed by atoms with Crippen molar-refractivity contribution in [3.05, 3.63) is 22.7 Å². The molecule has 1 fully saturated rings. The molecule has 1 aliphatic rings. The SMILES string of the molecule is COC(=O)NCCOc1cc(C(=O)N(C(C)C)[C@@H]2CCCN(C(=O)O)C2)c(Cl)cc1OC. The fraction of sp³-hybridized carbons (Fsp3) is 0.571. The van der Waals surface area contributed by atoms with Crippen LogP contribution in [0, 0.1) is 0 Å². The molecule has 1 aromatic rings. The Hall–Kier alpha value is -2.88. The summed E-state index contributed by atoms with van der Waals surface area (Å²) in [6, 6.07) is 2.57. The monoisotopic (exact) mass is 471 g/mol. The van der Waals surface area contributed by atoms with Crippen LogP contribution in [0.4, 0.5) is 9.59 Å². The highest BCUT2D eigenvalue weighted by molar-refractivity contribution is 6.34. The lowest BCUT2D eigenvalue weighted by atomic mass is 10.0. The molecule has 1 heterocycles. The lowest BCUT2D eigenvalue weighted by molar-refractivity contribution is 0.0449. The van der Waals surface area contributed by atoms with E-state index in [-0.39, 0.29) is 48.3 Å². The van der Waals surface area contributed by atoms with Crippen molar-refractivity contribution < 1.29 is 33.7 Å². The summed E-state index contributed by atoms with van der Waals surface area (Å²) in [5, 5.41) is 12.1. The number of piperidine rings is 1. The summed E-state index contributed by atoms with van der Waals surface area (Å²) in [5.41, 5.74) is 0.226. The van der Waals surface area contributed by atoms with E-state index >= 15 is 0 Å². The molecule has 11 heteroatoms. The number of hydrogen-bond acceptors (Lipinski definition) is 6. The first-order chi connectivity index (χ1) is 15.2. The van der Waals surface area contributed by atoms with Crippen molar-refractivity contribution in [3.8, 4) is 11.5 Å². The van der Waals surface area contributed by atoms with Crippen LogP contribution in [0.2, 0.25) is 5.02 Å². The number of rotatable bonds is 8. The van der Waals surface area contributed by atoms with Gasteiger partial charge in [-0.15, -0.1) is 0 Å². The summed E-state index contributed by atoms with van der Waals surface area (Å²) < 4.78 is 15.5. The van der Waals surface area contributed by atoms with Crippen LogP contribution in [-0.4, -0.2) is 85.5 Å². The molecule has 0 bridgehead atoms. The zero-order chi connectivity index (χ0) is 23.8. The van der Waals surface area contributed by atoms with E-state index < -0.39 is 12.2 Å². The first kappa shape index (κ1) is 25.4. The van der Waals surface area contributed by atoms with Crippen LogP contribution < -0.4 is 14.8 Å². The average Bonchev–Trinajstić information content (AvgIpc) is 2.76. The summed E-state index contributed by atoms with van der Waals surface area (Å²) in [7, 11) is 2.72. The number of nitrogens with one attached hydrogen (secondary N) is 1. The lowest BCUT2D eigenvalue weighted by Gasteiger charge is -2.40. The van der Waals surface area contributed by atoms with Gasteiger partial charge in [-0.1, -0.05) is 11.6 Å². The van der Waals surface area contributed by atoms with Gasteiger partial charge < -0.3 is 34.4 Å². The standard InChI is InChI=1S/C21H30ClN3O7/c1-13(2)25(14-6-5-8-24(12-14)21(28)29)19(26)15-10-18(17(30-3)11-16(15)22)32-9-7-23-20(27)31-4/h10-11,13-14H,5-9,12H2,1-4H3,(H,23,27)(H,28,29)/t14-/m1/s1. The fourth-order valence-corrected chi connectivity index (χ4v) is 3.91. The topological polar surface area (TPSA) is 118 Å². The van der Waals surface area contributed by atoms with Crippen molar-refractivity contribution >= 4 is 29.7 Å². The summed E-state index contributed by atoms with van der Waals surface area (Å²) in [6.45, 7) is 4.76. The molecule has 0 unspecified atom stereocenters. The number of likely N-dealkylation sites (tertiary alicyclic amines) is 1. The van der Waals surface area contributed by atoms with Crippen LogP contribution in [0.1, 0.15) is 37.0 Å². The maximum absolute atomic E-state index is 13.5. The fourth-order valence-electron chi connectivity index (χ4n) is 3.67. The number of halogens is 1. The molecule has 1 aliphatic heterocycles. The maximum atomic E-state index is 13.5. The normalized spacial score (nSPS) is 15.8. The van der Waals surface area contributed by atoms with E-state index in [4.69, 9.17) is 21.1 Å². The Morgan fingerprint density at radius 2 is 2.00 bits per heavy atom. The number of amides is 3. The van der Waals surface area contributed by atoms with Crippen LogP contribution >= 0.6 is 11.6 Å². The van der Waals surface area contributed by atoms with Gasteiger partial charge in [0, 0.05) is 25.2 Å². The predicted octanol–water partition coefficient (Wildman–Crippen LogP) is 3.08. The van der Waals surface area contributed by atoms with E-state index in [1.54, 1.807) is 4.90 Å². The van der Waals surface area contributed by atoms with Crippen LogP contribution in [0.5, 0.6) is 11.5 Å². The molecule has 0 saturated carbocycles. The van der Waals surface area contributed by atoms with Crippen molar-refractivity contribution in [2.24, 2.45) is 0 Å². The van der Waals surface area contributed by atoms with Gasteiger partial charge in [-0.3, -0.25) is 4.79 Å². The molecule has 1 aromatic carbocycles. The zero-order valence-electron chi connectivity index (χ0n) is 18.7. The van der Waals surface area contributed by atoms with Crippen molar-refractivity contribution in [2.75, 3.05) is 40.5 Å². The van der Waals surface area contributed by atoms with E-state index in [1.165, 1.54) is 31.3 Å². The van der Waals surface area contributed by atoms with Gasteiger partial charge in [-0.25, -0.2) is 9.59 Å². The first-order valence-electron chi connectivity index (χ1n) is 10.3. The van der Waals surface area contributed by atoms with Crippen molar-refractivity contribution in [3.63, 3.8) is 0 Å². The van der Waals surface area contributed by atoms with E-state index in [1.807, 2.05) is 13.8 Å². The second-order valence-electron chi connectivity index (χ2n) is 7.58. The Kier molecular flexibility index (Phi) is 9.25. The Morgan fingerprint density at radius 3 is 2.59 bits per heavy atom. The minimum atomic E-state index is -0.996. The number of carbonyl (C=O) groups is 3. The number of hydrogen-bond donors (Lipinski definition) is 2. The van der Waals surface area contributed by atoms with Crippen LogP contribution in [-0.2, 0) is 4.74 Å². The Bertz CT molecular complexity index is 834. The zero-order valence-corrected chi connectivity index (χ0v) is 19.5. The molecule has 10 nitrogen and oxygen atoms in total. The number of alkyl carbamates (subject to hydrolysis) is 1. The number of carbonyl (C=O) groups excluding carboxylic acids is 2. The van der Waals surface area contributed by atoms with Gasteiger partial charge in [0.05, 0.1) is 37.4 Å². The van der Waals surface area contributed by atoms with Gasteiger partial charge in [-0.05, 0) is 32.8 Å². The van der Waals surface area contributed by atoms with Gasteiger partial charge in [-0.2, -0.15) is 0 Å². The molecule has 1 atom stereocenters. The minimum Gasteiger partial charge on any atom is -0.493 e. The molecule has 3 amide bonds. The van der Waals surface area contributed by atoms with Crippen LogP contribution in [0.25, 0.3) is 0 Å². The average molecular weight is 472 g/mol. The van der Waals surface area contributed by atoms with E-state index in [0.29, 0.717) is 30.9 Å². The molecule has 32 heavy (non-hydrogen) atoms. The number of benzene rings is 1. The van der Waals surface area contributed by atoms with E-state index in [0.717, 1.165) is 0 Å². The van der Waals surface area contributed by atoms with Gasteiger partial charge in [0.25, 0.3) is 5.91 Å². The van der Waals surface area contributed by atoms with Gasteiger partial charge in [0.15, 0.2) is 11.5 Å². The third-order valence-corrected chi connectivity index (χ3v) is 5.46. The number of ether oxygens (including phenoxy) is 3. The summed E-state index contributed by atoms with van der Waals surface area (Å²) in [5.74, 6) is 0.323. The molecule has 0 aromatic heterocycles. The smallest absolute Gasteiger partial charge is 0.407 e. The largest absolute Gasteiger partial charge is 0.493 e. The maximum Gasteiger partial charge on any atom is 0.407 e. The van der Waals surface area contributed by atoms with Crippen molar-refractivity contribution in [2.45, 2.75) is 38.8 Å². The highest BCUT2D eigenvalue weighted by Gasteiger charge is 2.33. The van der Waals surface area contributed by atoms with E-state index in [9.17, 15) is 19.5 Å². The number of methoxy groups -OCH3 is 2. The van der Waals surface area contributed by atoms with Gasteiger partial charge >= 0.3 is 12.2 Å². The second kappa shape index (κ2) is 11.7. The Balaban J connectivity index is 2.25. The predicted molar refractivity (Wildman–Crippen MR) is 118 cm³/mol. The summed E-state index contributed by atoms with van der Waals surface area (Å²) in [6.07, 6.45) is -0.206. The molecule has 0 aliphatic carbocycles. The molecular weight excluding hydrogens is 442 g/mol. The molecule has 0 radical (unpaired) electrons. The van der Waals surface area contributed by atoms with Crippen molar-refractivity contribution in [1.82, 2.24) is 15.1 Å². The summed E-state index contributed by atoms with van der Waals surface area (Å²) >= 11 is 6.40. The third-order valence-electron chi connectivity index (χ3n) is 5.15. The Labute approximate surface area is 192 Å². The lowest BCUT2D eigenvalue weighted by Crippen LogP contribution is -2.53. The van der Waals surface area contributed by atoms with E-state index in [2.05, 4.69) is 10.1 Å². The summed E-state index contributed by atoms with van der Waals surface area (Å²) in [4.78, 5) is 39.1. The molecule has 1 saturated heterocycles. The molecule has 178 valence electrons. The minimum absolute atomic E-state index is 0.116. The molecule has 2 N–H and O–H groups in total. The molecular formula is C21H30ClN3O7. The van der Waals surface area contributed by atoms with Gasteiger partial charge in [0.2, 0.25) is 0 Å². The second-order valence-corrected chi connectivity index (χ2v) is 7.99. The number of nitrogens with zero attached hydrogens (tertiary/aromatic N) is 2. The van der Waals surface area contributed by atoms with Crippen LogP contribution in [0.15, 0.2) is 12.1 Å². The van der Waals surface area contributed by atoms with Crippen LogP contribution in [0.3, 0.4) is 0 Å². The highest BCUT2D eigenvalue weighted by Crippen LogP contribution is 2.35. The molecule has 0 spiro atoms. The first-order valence-corrected chi connectivity index (χ1v) is 10.7. The quantitative estimate of drug-likeness (QED) is 0.559. The Morgan fingerprint density at radius 1 is 1.28 bits per heavy atom. The third kappa shape index (κ3) is 6.32. The molecule has 2 rings (SSSR count). The highest BCUT2D eigenvalue weighted by atomic mass is 35.5. The number of carboxylic acid groups (broad SMARTS) is 1.